The highest BCUT2D eigenvalue weighted by Gasteiger charge is 1.99. The van der Waals surface area contributed by atoms with Crippen LogP contribution in [0, 0.1) is 0 Å². The molecule has 13 heavy (non-hydrogen) atoms. The Balaban J connectivity index is 2.59. The van der Waals surface area contributed by atoms with Crippen molar-refractivity contribution in [2.45, 2.75) is 6.54 Å². The number of hydrogen-bond acceptors (Lipinski definition) is 2. The van der Waals surface area contributed by atoms with Crippen LogP contribution in [0.25, 0.3) is 0 Å². The molecule has 0 aliphatic rings. The molecule has 0 saturated carbocycles. The van der Waals surface area contributed by atoms with Crippen LogP contribution in [0.15, 0.2) is 18.2 Å². The maximum atomic E-state index is 8.55. The number of aliphatic hydroxyl groups excluding tert-OH is 1. The van der Waals surface area contributed by atoms with Gasteiger partial charge in [0.2, 0.25) is 0 Å². The summed E-state index contributed by atoms with van der Waals surface area (Å²) in [6.07, 6.45) is 0. The summed E-state index contributed by atoms with van der Waals surface area (Å²) in [5, 5.41) is 12.9. The normalized spacial score (nSPS) is 10.4. The van der Waals surface area contributed by atoms with E-state index in [4.69, 9.17) is 28.3 Å². The average molecular weight is 220 g/mol. The van der Waals surface area contributed by atoms with E-state index in [0.29, 0.717) is 23.1 Å². The maximum absolute atomic E-state index is 8.55. The molecule has 0 fully saturated rings. The maximum Gasteiger partial charge on any atom is 0.0556 e. The summed E-state index contributed by atoms with van der Waals surface area (Å²) in [7, 11) is 0. The lowest BCUT2D eigenvalue weighted by atomic mass is 10.2. The van der Waals surface area contributed by atoms with Crippen LogP contribution in [-0.2, 0) is 6.54 Å². The Kier molecular flexibility index (Phi) is 4.53. The number of hydrogen-bond donors (Lipinski definition) is 2. The quantitative estimate of drug-likeness (QED) is 0.761. The van der Waals surface area contributed by atoms with Crippen LogP contribution in [0.5, 0.6) is 0 Å². The van der Waals surface area contributed by atoms with Crippen molar-refractivity contribution in [1.82, 2.24) is 5.32 Å². The van der Waals surface area contributed by atoms with Gasteiger partial charge in [-0.1, -0.05) is 23.2 Å². The molecule has 0 amide bonds. The standard InChI is InChI=1S/C9H11Cl2NO/c10-8-1-2-9(11)7(5-8)6-12-3-4-13/h1-2,5,12-13H,3-4,6H2. The largest absolute Gasteiger partial charge is 0.395 e. The molecule has 2 nitrogen and oxygen atoms in total. The monoisotopic (exact) mass is 219 g/mol. The lowest BCUT2D eigenvalue weighted by molar-refractivity contribution is 0.292. The minimum atomic E-state index is 0.123. The Hall–Kier alpha value is -0.280. The van der Waals surface area contributed by atoms with Gasteiger partial charge in [-0.2, -0.15) is 0 Å². The van der Waals surface area contributed by atoms with E-state index < -0.39 is 0 Å². The van der Waals surface area contributed by atoms with Gasteiger partial charge in [0.1, 0.15) is 0 Å². The first-order valence-corrected chi connectivity index (χ1v) is 4.75. The molecule has 72 valence electrons. The topological polar surface area (TPSA) is 32.3 Å². The zero-order chi connectivity index (χ0) is 9.68. The number of halogens is 2. The van der Waals surface area contributed by atoms with Crippen LogP contribution in [0.1, 0.15) is 5.56 Å². The average Bonchev–Trinajstić information content (AvgIpc) is 2.11. The minimum absolute atomic E-state index is 0.123. The molecule has 1 aromatic rings. The molecule has 0 aliphatic heterocycles. The van der Waals surface area contributed by atoms with Gasteiger partial charge in [-0.3, -0.25) is 0 Å². The van der Waals surface area contributed by atoms with Crippen LogP contribution in [-0.4, -0.2) is 18.3 Å². The molecule has 0 aliphatic carbocycles. The first-order valence-electron chi connectivity index (χ1n) is 3.99. The number of benzene rings is 1. The Labute approximate surface area is 87.5 Å². The van der Waals surface area contributed by atoms with Crippen molar-refractivity contribution in [3.8, 4) is 0 Å². The predicted molar refractivity (Wildman–Crippen MR) is 55.3 cm³/mol. The molecule has 0 atom stereocenters. The zero-order valence-corrected chi connectivity index (χ0v) is 8.57. The summed E-state index contributed by atoms with van der Waals surface area (Å²) in [5.74, 6) is 0. The van der Waals surface area contributed by atoms with Crippen molar-refractivity contribution in [2.24, 2.45) is 0 Å². The second-order valence-corrected chi connectivity index (χ2v) is 3.48. The first-order chi connectivity index (χ1) is 6.24. The SMILES string of the molecule is OCCNCc1cc(Cl)ccc1Cl. The zero-order valence-electron chi connectivity index (χ0n) is 7.06. The highest BCUT2D eigenvalue weighted by Crippen LogP contribution is 2.20. The third-order valence-electron chi connectivity index (χ3n) is 1.61. The van der Waals surface area contributed by atoms with Gasteiger partial charge in [-0.15, -0.1) is 0 Å². The second-order valence-electron chi connectivity index (χ2n) is 2.64. The molecule has 0 saturated heterocycles. The lowest BCUT2D eigenvalue weighted by Gasteiger charge is -2.05. The predicted octanol–water partition coefficient (Wildman–Crippen LogP) is 2.08. The van der Waals surface area contributed by atoms with E-state index in [-0.39, 0.29) is 6.61 Å². The Bertz CT molecular complexity index is 278. The number of aliphatic hydroxyl groups is 1. The third kappa shape index (κ3) is 3.53. The van der Waals surface area contributed by atoms with Crippen molar-refractivity contribution in [1.29, 1.82) is 0 Å². The first kappa shape index (κ1) is 10.8. The second kappa shape index (κ2) is 5.45. The smallest absolute Gasteiger partial charge is 0.0556 e. The van der Waals surface area contributed by atoms with E-state index >= 15 is 0 Å². The molecule has 1 aromatic carbocycles. The summed E-state index contributed by atoms with van der Waals surface area (Å²) in [4.78, 5) is 0. The van der Waals surface area contributed by atoms with Gasteiger partial charge >= 0.3 is 0 Å². The molecule has 0 bridgehead atoms. The van der Waals surface area contributed by atoms with Crippen molar-refractivity contribution < 1.29 is 5.11 Å². The van der Waals surface area contributed by atoms with Gasteiger partial charge in [0.25, 0.3) is 0 Å². The van der Waals surface area contributed by atoms with Gasteiger partial charge in [0, 0.05) is 23.1 Å². The molecular weight excluding hydrogens is 209 g/mol. The summed E-state index contributed by atoms with van der Waals surface area (Å²) in [5.41, 5.74) is 0.947. The molecule has 4 heteroatoms. The molecule has 2 N–H and O–H groups in total. The van der Waals surface area contributed by atoms with Crippen molar-refractivity contribution in [3.05, 3.63) is 33.8 Å². The Morgan fingerprint density at radius 3 is 2.77 bits per heavy atom. The van der Waals surface area contributed by atoms with Crippen LogP contribution in [0.4, 0.5) is 0 Å². The van der Waals surface area contributed by atoms with Gasteiger partial charge in [-0.25, -0.2) is 0 Å². The molecular formula is C9H11Cl2NO. The molecule has 1 rings (SSSR count). The van der Waals surface area contributed by atoms with Gasteiger partial charge in [-0.05, 0) is 23.8 Å². The van der Waals surface area contributed by atoms with E-state index in [2.05, 4.69) is 5.32 Å². The van der Waals surface area contributed by atoms with E-state index in [9.17, 15) is 0 Å². The fraction of sp³-hybridized carbons (Fsp3) is 0.333. The Morgan fingerprint density at radius 1 is 1.31 bits per heavy atom. The highest BCUT2D eigenvalue weighted by molar-refractivity contribution is 6.33. The highest BCUT2D eigenvalue weighted by atomic mass is 35.5. The van der Waals surface area contributed by atoms with Crippen LogP contribution in [0.2, 0.25) is 10.0 Å². The van der Waals surface area contributed by atoms with Gasteiger partial charge in [0.15, 0.2) is 0 Å². The van der Waals surface area contributed by atoms with Crippen LogP contribution < -0.4 is 5.32 Å². The third-order valence-corrected chi connectivity index (χ3v) is 2.22. The molecule has 0 radical (unpaired) electrons. The molecule has 0 spiro atoms. The lowest BCUT2D eigenvalue weighted by Crippen LogP contribution is -2.17. The number of rotatable bonds is 4. The molecule has 0 unspecified atom stereocenters. The van der Waals surface area contributed by atoms with Gasteiger partial charge in [0.05, 0.1) is 6.61 Å². The minimum Gasteiger partial charge on any atom is -0.395 e. The summed E-state index contributed by atoms with van der Waals surface area (Å²) >= 11 is 11.7. The van der Waals surface area contributed by atoms with E-state index in [1.807, 2.05) is 6.07 Å². The van der Waals surface area contributed by atoms with Crippen molar-refractivity contribution in [3.63, 3.8) is 0 Å². The summed E-state index contributed by atoms with van der Waals surface area (Å²) in [6.45, 7) is 1.31. The van der Waals surface area contributed by atoms with E-state index in [1.165, 1.54) is 0 Å². The summed E-state index contributed by atoms with van der Waals surface area (Å²) < 4.78 is 0. The van der Waals surface area contributed by atoms with Crippen molar-refractivity contribution >= 4 is 23.2 Å². The van der Waals surface area contributed by atoms with Crippen LogP contribution >= 0.6 is 23.2 Å². The Morgan fingerprint density at radius 2 is 2.08 bits per heavy atom. The fourth-order valence-corrected chi connectivity index (χ4v) is 1.36. The summed E-state index contributed by atoms with van der Waals surface area (Å²) in [6, 6.07) is 5.33. The molecule has 0 aromatic heterocycles. The van der Waals surface area contributed by atoms with Crippen LogP contribution in [0.3, 0.4) is 0 Å². The van der Waals surface area contributed by atoms with E-state index in [1.54, 1.807) is 12.1 Å². The van der Waals surface area contributed by atoms with Crippen molar-refractivity contribution in [2.75, 3.05) is 13.2 Å². The van der Waals surface area contributed by atoms with E-state index in [0.717, 1.165) is 5.56 Å². The number of nitrogens with one attached hydrogen (secondary N) is 1. The molecule has 0 heterocycles. The fourth-order valence-electron chi connectivity index (χ4n) is 0.981. The van der Waals surface area contributed by atoms with Gasteiger partial charge < -0.3 is 10.4 Å².